The Labute approximate surface area is 147 Å². The number of hydrogen-bond acceptors (Lipinski definition) is 4. The van der Waals surface area contributed by atoms with Crippen molar-refractivity contribution < 1.29 is 13.9 Å². The third kappa shape index (κ3) is 3.25. The lowest BCUT2D eigenvalue weighted by atomic mass is 9.74. The third-order valence-electron chi connectivity index (χ3n) is 4.93. The van der Waals surface area contributed by atoms with Gasteiger partial charge in [0.05, 0.1) is 31.4 Å². The molecule has 0 radical (unpaired) electrons. The van der Waals surface area contributed by atoms with Crippen molar-refractivity contribution in [1.82, 2.24) is 0 Å². The van der Waals surface area contributed by atoms with Gasteiger partial charge in [-0.2, -0.15) is 5.26 Å². The minimum Gasteiger partial charge on any atom is -0.497 e. The maximum atomic E-state index is 13.7. The molecule has 0 spiro atoms. The summed E-state index contributed by atoms with van der Waals surface area (Å²) >= 11 is 0. The molecular weight excluding hydrogens is 319 g/mol. The van der Waals surface area contributed by atoms with Gasteiger partial charge in [-0.15, -0.1) is 0 Å². The number of rotatable bonds is 4. The molecule has 1 saturated heterocycles. The van der Waals surface area contributed by atoms with E-state index in [0.29, 0.717) is 31.7 Å². The van der Waals surface area contributed by atoms with Crippen molar-refractivity contribution in [3.05, 3.63) is 53.8 Å². The van der Waals surface area contributed by atoms with E-state index < -0.39 is 5.41 Å². The van der Waals surface area contributed by atoms with Crippen LogP contribution >= 0.6 is 0 Å². The van der Waals surface area contributed by atoms with Crippen LogP contribution in [0.2, 0.25) is 0 Å². The Morgan fingerprint density at radius 2 is 1.84 bits per heavy atom. The van der Waals surface area contributed by atoms with E-state index in [9.17, 15) is 9.65 Å². The van der Waals surface area contributed by atoms with E-state index in [0.717, 1.165) is 17.0 Å². The van der Waals surface area contributed by atoms with Crippen molar-refractivity contribution in [2.75, 3.05) is 32.2 Å². The molecule has 0 bridgehead atoms. The molecule has 1 fully saturated rings. The highest BCUT2D eigenvalue weighted by atomic mass is 19.1. The van der Waals surface area contributed by atoms with Crippen LogP contribution in [0, 0.1) is 17.1 Å². The average Bonchev–Trinajstić information content (AvgIpc) is 2.68. The first-order valence-corrected chi connectivity index (χ1v) is 8.26. The number of ether oxygens (including phenoxy) is 2. The van der Waals surface area contributed by atoms with Gasteiger partial charge in [-0.25, -0.2) is 4.39 Å². The van der Waals surface area contributed by atoms with E-state index in [-0.39, 0.29) is 5.82 Å². The van der Waals surface area contributed by atoms with Gasteiger partial charge in [0, 0.05) is 19.2 Å². The molecule has 0 aromatic heterocycles. The zero-order valence-electron chi connectivity index (χ0n) is 14.5. The third-order valence-corrected chi connectivity index (χ3v) is 4.93. The Morgan fingerprint density at radius 1 is 1.08 bits per heavy atom. The summed E-state index contributed by atoms with van der Waals surface area (Å²) in [5.74, 6) is 1.11. The van der Waals surface area contributed by atoms with Gasteiger partial charge in [0.25, 0.3) is 0 Å². The molecule has 2 aromatic carbocycles. The molecule has 0 N–H and O–H groups in total. The van der Waals surface area contributed by atoms with Gasteiger partial charge in [-0.05, 0) is 42.7 Å². The van der Waals surface area contributed by atoms with E-state index in [2.05, 4.69) is 11.0 Å². The predicted molar refractivity (Wildman–Crippen MR) is 94.7 cm³/mol. The van der Waals surface area contributed by atoms with E-state index >= 15 is 0 Å². The molecule has 0 saturated carbocycles. The van der Waals surface area contributed by atoms with Gasteiger partial charge in [-0.3, -0.25) is 0 Å². The number of methoxy groups -OCH3 is 2. The van der Waals surface area contributed by atoms with E-state index in [1.807, 2.05) is 24.3 Å². The molecule has 1 aliphatic rings. The Balaban J connectivity index is 1.84. The van der Waals surface area contributed by atoms with Crippen LogP contribution in [0.1, 0.15) is 18.4 Å². The Bertz CT molecular complexity index is 793. The monoisotopic (exact) mass is 340 g/mol. The highest BCUT2D eigenvalue weighted by Gasteiger charge is 2.37. The largest absolute Gasteiger partial charge is 0.497 e. The number of anilines is 1. The summed E-state index contributed by atoms with van der Waals surface area (Å²) in [7, 11) is 3.20. The number of nitriles is 1. The fraction of sp³-hybridized carbons (Fsp3) is 0.350. The molecule has 1 aliphatic heterocycles. The summed E-state index contributed by atoms with van der Waals surface area (Å²) in [4.78, 5) is 2.08. The van der Waals surface area contributed by atoms with Gasteiger partial charge in [0.15, 0.2) is 0 Å². The quantitative estimate of drug-likeness (QED) is 0.847. The standard InChI is InChI=1S/C20H21FN2O2/c1-24-17-5-3-4-15(12-17)20(14-22)8-10-23(11-9-20)18-13-16(21)6-7-19(18)25-2/h3-7,12-13H,8-11H2,1-2H3. The zero-order valence-corrected chi connectivity index (χ0v) is 14.5. The lowest BCUT2D eigenvalue weighted by Crippen LogP contribution is -2.42. The van der Waals surface area contributed by atoms with Gasteiger partial charge in [-0.1, -0.05) is 12.1 Å². The fourth-order valence-electron chi connectivity index (χ4n) is 3.43. The lowest BCUT2D eigenvalue weighted by molar-refractivity contribution is 0.391. The summed E-state index contributed by atoms with van der Waals surface area (Å²) in [6.45, 7) is 1.31. The summed E-state index contributed by atoms with van der Waals surface area (Å²) in [5.41, 5.74) is 1.16. The van der Waals surface area contributed by atoms with Crippen LogP contribution in [-0.2, 0) is 5.41 Å². The fourth-order valence-corrected chi connectivity index (χ4v) is 3.43. The van der Waals surface area contributed by atoms with Gasteiger partial charge < -0.3 is 14.4 Å². The smallest absolute Gasteiger partial charge is 0.142 e. The van der Waals surface area contributed by atoms with Crippen molar-refractivity contribution >= 4 is 5.69 Å². The van der Waals surface area contributed by atoms with E-state index in [4.69, 9.17) is 9.47 Å². The summed E-state index contributed by atoms with van der Waals surface area (Å²) in [5, 5.41) is 9.87. The first kappa shape index (κ1) is 17.1. The summed E-state index contributed by atoms with van der Waals surface area (Å²) in [6, 6.07) is 14.7. The van der Waals surface area contributed by atoms with Crippen LogP contribution in [-0.4, -0.2) is 27.3 Å². The second kappa shape index (κ2) is 7.02. The highest BCUT2D eigenvalue weighted by Crippen LogP contribution is 2.39. The summed E-state index contributed by atoms with van der Waals surface area (Å²) in [6.07, 6.45) is 1.33. The minimum absolute atomic E-state index is 0.291. The van der Waals surface area contributed by atoms with Crippen LogP contribution in [0.15, 0.2) is 42.5 Å². The predicted octanol–water partition coefficient (Wildman–Crippen LogP) is 3.90. The molecule has 130 valence electrons. The zero-order chi connectivity index (χ0) is 17.9. The molecule has 25 heavy (non-hydrogen) atoms. The van der Waals surface area contributed by atoms with Crippen molar-refractivity contribution in [2.45, 2.75) is 18.3 Å². The van der Waals surface area contributed by atoms with Crippen LogP contribution in [0.25, 0.3) is 0 Å². The van der Waals surface area contributed by atoms with Crippen LogP contribution < -0.4 is 14.4 Å². The second-order valence-electron chi connectivity index (χ2n) is 6.23. The van der Waals surface area contributed by atoms with Gasteiger partial charge in [0.1, 0.15) is 17.3 Å². The van der Waals surface area contributed by atoms with E-state index in [1.165, 1.54) is 12.1 Å². The molecule has 5 heteroatoms. The van der Waals surface area contributed by atoms with E-state index in [1.54, 1.807) is 20.3 Å². The molecule has 0 atom stereocenters. The summed E-state index contributed by atoms with van der Waals surface area (Å²) < 4.78 is 24.3. The molecule has 2 aromatic rings. The number of halogens is 1. The Hall–Kier alpha value is -2.74. The molecule has 4 nitrogen and oxygen atoms in total. The van der Waals surface area contributed by atoms with Crippen molar-refractivity contribution in [3.8, 4) is 17.6 Å². The normalized spacial score (nSPS) is 16.2. The lowest BCUT2D eigenvalue weighted by Gasteiger charge is -2.39. The van der Waals surface area contributed by atoms with Crippen LogP contribution in [0.4, 0.5) is 10.1 Å². The van der Waals surface area contributed by atoms with Crippen molar-refractivity contribution in [3.63, 3.8) is 0 Å². The highest BCUT2D eigenvalue weighted by molar-refractivity contribution is 5.59. The number of piperidine rings is 1. The first-order valence-electron chi connectivity index (χ1n) is 8.26. The second-order valence-corrected chi connectivity index (χ2v) is 6.23. The molecular formula is C20H21FN2O2. The van der Waals surface area contributed by atoms with Gasteiger partial charge >= 0.3 is 0 Å². The molecule has 0 unspecified atom stereocenters. The van der Waals surface area contributed by atoms with Crippen LogP contribution in [0.5, 0.6) is 11.5 Å². The van der Waals surface area contributed by atoms with Crippen molar-refractivity contribution in [1.29, 1.82) is 5.26 Å². The van der Waals surface area contributed by atoms with Crippen LogP contribution in [0.3, 0.4) is 0 Å². The maximum absolute atomic E-state index is 13.7. The number of nitrogens with zero attached hydrogens (tertiary/aromatic N) is 2. The molecule has 0 amide bonds. The van der Waals surface area contributed by atoms with Crippen molar-refractivity contribution in [2.24, 2.45) is 0 Å². The molecule has 3 rings (SSSR count). The first-order chi connectivity index (χ1) is 12.1. The van der Waals surface area contributed by atoms with Gasteiger partial charge in [0.2, 0.25) is 0 Å². The Kier molecular flexibility index (Phi) is 4.80. The average molecular weight is 340 g/mol. The molecule has 0 aliphatic carbocycles. The number of hydrogen-bond donors (Lipinski definition) is 0. The Morgan fingerprint density at radius 3 is 2.48 bits per heavy atom. The maximum Gasteiger partial charge on any atom is 0.142 e. The minimum atomic E-state index is -0.550. The topological polar surface area (TPSA) is 45.5 Å². The SMILES string of the molecule is COc1cccc(C2(C#N)CCN(c3cc(F)ccc3OC)CC2)c1. The number of benzene rings is 2. The molecule has 1 heterocycles.